The van der Waals surface area contributed by atoms with Crippen molar-refractivity contribution in [2.24, 2.45) is 0 Å². The molecule has 1 N–H and O–H groups in total. The topological polar surface area (TPSA) is 36.4 Å². The van der Waals surface area contributed by atoms with Crippen molar-refractivity contribution in [2.75, 3.05) is 13.1 Å². The van der Waals surface area contributed by atoms with Crippen LogP contribution >= 0.6 is 0 Å². The number of piperidine rings is 1. The van der Waals surface area contributed by atoms with Crippen molar-refractivity contribution < 1.29 is 5.11 Å². The molecule has 1 aromatic carbocycles. The van der Waals surface area contributed by atoms with Crippen LogP contribution in [0.2, 0.25) is 0 Å². The maximum Gasteiger partial charge on any atom is 0.141 e. The van der Waals surface area contributed by atoms with Gasteiger partial charge in [-0.15, -0.1) is 0 Å². The van der Waals surface area contributed by atoms with E-state index in [1.807, 2.05) is 0 Å². The predicted octanol–water partition coefficient (Wildman–Crippen LogP) is 4.00. The van der Waals surface area contributed by atoms with E-state index in [0.29, 0.717) is 11.7 Å². The second-order valence-electron chi connectivity index (χ2n) is 5.77. The van der Waals surface area contributed by atoms with Crippen LogP contribution in [0, 0.1) is 0 Å². The molecule has 0 aliphatic carbocycles. The number of likely N-dealkylation sites (tertiary alicyclic amines) is 1. The van der Waals surface area contributed by atoms with E-state index in [9.17, 15) is 5.11 Å². The molecule has 1 aliphatic heterocycles. The number of aromatic hydroxyl groups is 1. The maximum absolute atomic E-state index is 9.88. The van der Waals surface area contributed by atoms with Gasteiger partial charge in [0.25, 0.3) is 0 Å². The Kier molecular flexibility index (Phi) is 4.20. The highest BCUT2D eigenvalue weighted by molar-refractivity contribution is 5.65. The number of pyridine rings is 1. The van der Waals surface area contributed by atoms with E-state index in [0.717, 1.165) is 5.56 Å². The van der Waals surface area contributed by atoms with Gasteiger partial charge < -0.3 is 5.11 Å². The largest absolute Gasteiger partial charge is 0.506 e. The summed E-state index contributed by atoms with van der Waals surface area (Å²) in [6.45, 7) is 4.67. The van der Waals surface area contributed by atoms with Gasteiger partial charge in [0.15, 0.2) is 0 Å². The second kappa shape index (κ2) is 6.27. The summed E-state index contributed by atoms with van der Waals surface area (Å²) in [5, 5.41) is 9.88. The first-order valence-electron chi connectivity index (χ1n) is 7.74. The van der Waals surface area contributed by atoms with Gasteiger partial charge in [-0.1, -0.05) is 30.7 Å². The average molecular weight is 282 g/mol. The van der Waals surface area contributed by atoms with Crippen LogP contribution < -0.4 is 0 Å². The minimum absolute atomic E-state index is 0.231. The van der Waals surface area contributed by atoms with Gasteiger partial charge in [0.05, 0.1) is 0 Å². The summed E-state index contributed by atoms with van der Waals surface area (Å²) in [7, 11) is 0. The van der Waals surface area contributed by atoms with Crippen molar-refractivity contribution in [2.45, 2.75) is 32.2 Å². The first-order valence-corrected chi connectivity index (χ1v) is 7.74. The third kappa shape index (κ3) is 3.08. The molecule has 0 unspecified atom stereocenters. The molecule has 0 amide bonds. The lowest BCUT2D eigenvalue weighted by molar-refractivity contribution is 0.175. The molecule has 0 bridgehead atoms. The number of nitrogens with zero attached hydrogens (tertiary/aromatic N) is 2. The summed E-state index contributed by atoms with van der Waals surface area (Å²) < 4.78 is 0. The molecule has 110 valence electrons. The fraction of sp³-hybridized carbons (Fsp3) is 0.389. The van der Waals surface area contributed by atoms with Crippen LogP contribution in [0.4, 0.5) is 0 Å². The van der Waals surface area contributed by atoms with Gasteiger partial charge in [0.2, 0.25) is 0 Å². The third-order valence-corrected chi connectivity index (χ3v) is 4.39. The van der Waals surface area contributed by atoms with E-state index in [-0.39, 0.29) is 5.75 Å². The van der Waals surface area contributed by atoms with Crippen LogP contribution in [0.1, 0.15) is 37.8 Å². The Morgan fingerprint density at radius 1 is 1.05 bits per heavy atom. The highest BCUT2D eigenvalue weighted by Crippen LogP contribution is 2.29. The highest BCUT2D eigenvalue weighted by atomic mass is 16.3. The zero-order valence-corrected chi connectivity index (χ0v) is 12.5. The summed E-state index contributed by atoms with van der Waals surface area (Å²) in [4.78, 5) is 6.80. The van der Waals surface area contributed by atoms with Gasteiger partial charge in [-0.3, -0.25) is 9.88 Å². The van der Waals surface area contributed by atoms with Crippen LogP contribution in [0.5, 0.6) is 5.75 Å². The molecule has 2 aromatic rings. The molecule has 3 heteroatoms. The molecule has 1 aromatic heterocycles. The quantitative estimate of drug-likeness (QED) is 0.924. The number of rotatable bonds is 3. The molecular formula is C18H22N2O. The van der Waals surface area contributed by atoms with Gasteiger partial charge >= 0.3 is 0 Å². The Labute approximate surface area is 126 Å². The van der Waals surface area contributed by atoms with Crippen LogP contribution in [-0.2, 0) is 0 Å². The van der Waals surface area contributed by atoms with E-state index in [2.05, 4.69) is 41.1 Å². The molecule has 0 spiro atoms. The fourth-order valence-electron chi connectivity index (χ4n) is 3.06. The van der Waals surface area contributed by atoms with Crippen LogP contribution in [0.3, 0.4) is 0 Å². The molecule has 1 fully saturated rings. The molecule has 21 heavy (non-hydrogen) atoms. The van der Waals surface area contributed by atoms with E-state index in [1.54, 1.807) is 18.3 Å². The Morgan fingerprint density at radius 3 is 2.43 bits per heavy atom. The van der Waals surface area contributed by atoms with Crippen molar-refractivity contribution in [3.63, 3.8) is 0 Å². The molecular weight excluding hydrogens is 260 g/mol. The second-order valence-corrected chi connectivity index (χ2v) is 5.77. The number of benzene rings is 1. The normalized spacial score (nSPS) is 17.6. The minimum Gasteiger partial charge on any atom is -0.506 e. The van der Waals surface area contributed by atoms with Crippen molar-refractivity contribution in [1.29, 1.82) is 0 Å². The standard InChI is InChI=1S/C18H22N2O/c1-14(20-12-3-2-4-13-20)15-7-9-16(10-8-15)18-17(21)6-5-11-19-18/h5-11,14,21H,2-4,12-13H2,1H3/t14-/m1/s1. The zero-order chi connectivity index (χ0) is 14.7. The third-order valence-electron chi connectivity index (χ3n) is 4.39. The van der Waals surface area contributed by atoms with Gasteiger partial charge in [0.1, 0.15) is 11.4 Å². The minimum atomic E-state index is 0.231. The van der Waals surface area contributed by atoms with Crippen LogP contribution in [0.15, 0.2) is 42.6 Å². The molecule has 3 nitrogen and oxygen atoms in total. The molecule has 1 atom stereocenters. The first-order chi connectivity index (χ1) is 10.3. The van der Waals surface area contributed by atoms with Crippen LogP contribution in [0.25, 0.3) is 11.3 Å². The van der Waals surface area contributed by atoms with Crippen LogP contribution in [-0.4, -0.2) is 28.1 Å². The van der Waals surface area contributed by atoms with Gasteiger partial charge in [-0.05, 0) is 50.6 Å². The monoisotopic (exact) mass is 282 g/mol. The van der Waals surface area contributed by atoms with E-state index < -0.39 is 0 Å². The van der Waals surface area contributed by atoms with E-state index in [4.69, 9.17) is 0 Å². The fourth-order valence-corrected chi connectivity index (χ4v) is 3.06. The predicted molar refractivity (Wildman–Crippen MR) is 85.2 cm³/mol. The van der Waals surface area contributed by atoms with Crippen molar-refractivity contribution in [1.82, 2.24) is 9.88 Å². The number of aromatic nitrogens is 1. The van der Waals surface area contributed by atoms with Crippen molar-refractivity contribution in [3.8, 4) is 17.0 Å². The Bertz CT molecular complexity index is 588. The lowest BCUT2D eigenvalue weighted by atomic mass is 10.0. The maximum atomic E-state index is 9.88. The van der Waals surface area contributed by atoms with E-state index in [1.165, 1.54) is 37.9 Å². The summed E-state index contributed by atoms with van der Waals surface area (Å²) in [6.07, 6.45) is 5.69. The summed E-state index contributed by atoms with van der Waals surface area (Å²) in [5.74, 6) is 0.231. The average Bonchev–Trinajstić information content (AvgIpc) is 2.56. The summed E-state index contributed by atoms with van der Waals surface area (Å²) >= 11 is 0. The molecule has 3 rings (SSSR count). The number of hydrogen-bond acceptors (Lipinski definition) is 3. The smallest absolute Gasteiger partial charge is 0.141 e. The lowest BCUT2D eigenvalue weighted by Crippen LogP contribution is -2.32. The van der Waals surface area contributed by atoms with Crippen molar-refractivity contribution >= 4 is 0 Å². The van der Waals surface area contributed by atoms with Gasteiger partial charge in [-0.25, -0.2) is 0 Å². The Hall–Kier alpha value is -1.87. The molecule has 0 radical (unpaired) electrons. The number of hydrogen-bond donors (Lipinski definition) is 1. The van der Waals surface area contributed by atoms with E-state index >= 15 is 0 Å². The van der Waals surface area contributed by atoms with Gasteiger partial charge in [0, 0.05) is 17.8 Å². The van der Waals surface area contributed by atoms with Crippen molar-refractivity contribution in [3.05, 3.63) is 48.2 Å². The Morgan fingerprint density at radius 2 is 1.76 bits per heavy atom. The molecule has 1 aliphatic rings. The lowest BCUT2D eigenvalue weighted by Gasteiger charge is -2.32. The first kappa shape index (κ1) is 14.1. The highest BCUT2D eigenvalue weighted by Gasteiger charge is 2.18. The SMILES string of the molecule is C[C@H](c1ccc(-c2ncccc2O)cc1)N1CCCCC1. The Balaban J connectivity index is 1.79. The molecule has 2 heterocycles. The zero-order valence-electron chi connectivity index (χ0n) is 12.5. The molecule has 1 saturated heterocycles. The summed E-state index contributed by atoms with van der Waals surface area (Å²) in [5.41, 5.74) is 2.94. The summed E-state index contributed by atoms with van der Waals surface area (Å²) in [6, 6.07) is 12.3. The van der Waals surface area contributed by atoms with Gasteiger partial charge in [-0.2, -0.15) is 0 Å². The molecule has 0 saturated carbocycles.